The van der Waals surface area contributed by atoms with Gasteiger partial charge >= 0.3 is 5.97 Å². The molecule has 122 valence electrons. The Kier molecular flexibility index (Phi) is 4.76. The summed E-state index contributed by atoms with van der Waals surface area (Å²) in [7, 11) is -7.90. The highest BCUT2D eigenvalue weighted by Gasteiger charge is 2.25. The van der Waals surface area contributed by atoms with Gasteiger partial charge in [0.05, 0.1) is 16.0 Å². The van der Waals surface area contributed by atoms with Crippen LogP contribution < -0.4 is 0 Å². The second kappa shape index (κ2) is 6.42. The van der Waals surface area contributed by atoms with Crippen LogP contribution in [0.1, 0.15) is 10.5 Å². The maximum atomic E-state index is 12.3. The molecule has 1 aromatic carbocycles. The van der Waals surface area contributed by atoms with Crippen molar-refractivity contribution in [2.75, 3.05) is 12.2 Å². The molecule has 0 saturated heterocycles. The number of benzene rings is 1. The van der Waals surface area contributed by atoms with Crippen molar-refractivity contribution in [3.8, 4) is 0 Å². The normalized spacial score (nSPS) is 11.9. The molecule has 10 heteroatoms. The Morgan fingerprint density at radius 1 is 1.09 bits per heavy atom. The minimum absolute atomic E-state index is 0.154. The summed E-state index contributed by atoms with van der Waals surface area (Å²) in [6.45, 7) is 0. The summed E-state index contributed by atoms with van der Waals surface area (Å²) in [6.07, 6.45) is 4.62. The molecule has 2 aromatic rings. The van der Waals surface area contributed by atoms with Crippen molar-refractivity contribution in [3.05, 3.63) is 48.5 Å². The molecule has 0 amide bonds. The van der Waals surface area contributed by atoms with E-state index in [1.165, 1.54) is 30.6 Å². The monoisotopic (exact) mass is 356 g/mol. The molecule has 0 N–H and O–H groups in total. The first kappa shape index (κ1) is 17.0. The lowest BCUT2D eigenvalue weighted by Crippen LogP contribution is -2.17. The van der Waals surface area contributed by atoms with Gasteiger partial charge in [0.2, 0.25) is 9.84 Å². The van der Waals surface area contributed by atoms with Gasteiger partial charge in [-0.3, -0.25) is 4.98 Å². The van der Waals surface area contributed by atoms with Gasteiger partial charge in [0.25, 0.3) is 0 Å². The van der Waals surface area contributed by atoms with Crippen molar-refractivity contribution >= 4 is 25.6 Å². The molecule has 23 heavy (non-hydrogen) atoms. The van der Waals surface area contributed by atoms with Gasteiger partial charge < -0.3 is 4.74 Å². The number of carbonyl (C=O) groups excluding carboxylic acids is 1. The van der Waals surface area contributed by atoms with E-state index in [1.807, 2.05) is 0 Å². The Balaban J connectivity index is 2.26. The van der Waals surface area contributed by atoms with Crippen LogP contribution in [0.3, 0.4) is 0 Å². The highest BCUT2D eigenvalue weighted by molar-refractivity contribution is 7.94. The summed E-state index contributed by atoms with van der Waals surface area (Å²) in [5, 5.41) is 0. The van der Waals surface area contributed by atoms with E-state index >= 15 is 0 Å². The van der Waals surface area contributed by atoms with E-state index in [-0.39, 0.29) is 10.6 Å². The molecule has 2 rings (SSSR count). The predicted molar refractivity (Wildman–Crippen MR) is 79.1 cm³/mol. The van der Waals surface area contributed by atoms with E-state index in [1.54, 1.807) is 0 Å². The lowest BCUT2D eigenvalue weighted by molar-refractivity contribution is 0.0564. The Morgan fingerprint density at radius 3 is 2.30 bits per heavy atom. The molecule has 0 atom stereocenters. The molecule has 0 bridgehead atoms. The Bertz CT molecular complexity index is 924. The minimum Gasteiger partial charge on any atom is -0.444 e. The smallest absolute Gasteiger partial charge is 0.359 e. The number of hydrogen-bond acceptors (Lipinski definition) is 8. The van der Waals surface area contributed by atoms with Gasteiger partial charge in [0.1, 0.15) is 0 Å². The largest absolute Gasteiger partial charge is 0.444 e. The third kappa shape index (κ3) is 4.11. The fraction of sp³-hybridized carbons (Fsp3) is 0.154. The van der Waals surface area contributed by atoms with Crippen LogP contribution in [0.4, 0.5) is 0 Å². The van der Waals surface area contributed by atoms with Crippen LogP contribution >= 0.6 is 0 Å². The van der Waals surface area contributed by atoms with E-state index in [9.17, 15) is 21.6 Å². The topological polar surface area (TPSA) is 120 Å². The minimum atomic E-state index is -4.15. The molecule has 1 aromatic heterocycles. The highest BCUT2D eigenvalue weighted by atomic mass is 32.2. The predicted octanol–water partition coefficient (Wildman–Crippen LogP) is 0.468. The van der Waals surface area contributed by atoms with Gasteiger partial charge in [-0.25, -0.2) is 26.6 Å². The maximum Gasteiger partial charge on any atom is 0.359 e. The van der Waals surface area contributed by atoms with E-state index in [0.29, 0.717) is 0 Å². The Labute approximate surface area is 133 Å². The number of rotatable bonds is 5. The van der Waals surface area contributed by atoms with Crippen LogP contribution in [-0.4, -0.2) is 45.0 Å². The maximum absolute atomic E-state index is 12.3. The Hall–Kier alpha value is -2.33. The van der Waals surface area contributed by atoms with Crippen molar-refractivity contribution < 1.29 is 26.4 Å². The molecule has 0 aliphatic carbocycles. The lowest BCUT2D eigenvalue weighted by atomic mass is 10.4. The van der Waals surface area contributed by atoms with Crippen LogP contribution in [0, 0.1) is 0 Å². The van der Waals surface area contributed by atoms with Gasteiger partial charge in [-0.05, 0) is 12.1 Å². The number of sulfone groups is 2. The van der Waals surface area contributed by atoms with Crippen LogP contribution in [0.5, 0.6) is 0 Å². The van der Waals surface area contributed by atoms with Crippen molar-refractivity contribution in [1.82, 2.24) is 9.97 Å². The number of ether oxygens (including phenoxy) is 1. The average molecular weight is 356 g/mol. The zero-order chi connectivity index (χ0) is 17.1. The first-order valence-electron chi connectivity index (χ1n) is 6.17. The standard InChI is InChI=1S/C13H12N2O6S2/c1-22(17,18)11-4-2-3-5-12(11)23(19,20)9-21-13(16)10-8-14-6-7-15-10/h2-8H,9H2,1H3. The van der Waals surface area contributed by atoms with Crippen LogP contribution in [-0.2, 0) is 24.4 Å². The molecule has 0 fully saturated rings. The third-order valence-corrected chi connectivity index (χ3v) is 5.44. The average Bonchev–Trinajstić information content (AvgIpc) is 2.53. The summed E-state index contributed by atoms with van der Waals surface area (Å²) in [5.41, 5.74) is -0.154. The van der Waals surface area contributed by atoms with Crippen LogP contribution in [0.2, 0.25) is 0 Å². The number of esters is 1. The van der Waals surface area contributed by atoms with E-state index in [4.69, 9.17) is 4.74 Å². The summed E-state index contributed by atoms with van der Waals surface area (Å²) in [5.74, 6) is -1.98. The number of aromatic nitrogens is 2. The van der Waals surface area contributed by atoms with Crippen LogP contribution in [0.15, 0.2) is 52.6 Å². The molecular weight excluding hydrogens is 344 g/mol. The van der Waals surface area contributed by atoms with Gasteiger partial charge in [-0.15, -0.1) is 0 Å². The zero-order valence-corrected chi connectivity index (χ0v) is 13.5. The number of nitrogens with zero attached hydrogens (tertiary/aromatic N) is 2. The SMILES string of the molecule is CS(=O)(=O)c1ccccc1S(=O)(=O)COC(=O)c1cnccn1. The van der Waals surface area contributed by atoms with E-state index in [2.05, 4.69) is 9.97 Å². The molecule has 1 heterocycles. The molecule has 8 nitrogen and oxygen atoms in total. The first-order valence-corrected chi connectivity index (χ1v) is 9.71. The summed E-state index contributed by atoms with van der Waals surface area (Å²) in [6, 6.07) is 5.10. The fourth-order valence-corrected chi connectivity index (χ4v) is 4.33. The molecule has 0 saturated carbocycles. The van der Waals surface area contributed by atoms with Gasteiger partial charge in [0, 0.05) is 18.6 Å². The van der Waals surface area contributed by atoms with E-state index < -0.39 is 36.5 Å². The molecule has 0 spiro atoms. The van der Waals surface area contributed by atoms with E-state index in [0.717, 1.165) is 18.5 Å². The molecule has 0 aliphatic heterocycles. The van der Waals surface area contributed by atoms with Crippen molar-refractivity contribution in [2.24, 2.45) is 0 Å². The molecular formula is C13H12N2O6S2. The summed E-state index contributed by atoms with van der Waals surface area (Å²) >= 11 is 0. The van der Waals surface area contributed by atoms with Gasteiger partial charge in [-0.2, -0.15) is 0 Å². The highest BCUT2D eigenvalue weighted by Crippen LogP contribution is 2.22. The second-order valence-electron chi connectivity index (χ2n) is 4.47. The molecule has 0 aliphatic rings. The molecule has 0 unspecified atom stereocenters. The fourth-order valence-electron chi connectivity index (χ4n) is 1.69. The van der Waals surface area contributed by atoms with Gasteiger partial charge in [0.15, 0.2) is 21.5 Å². The third-order valence-electron chi connectivity index (χ3n) is 2.70. The number of carbonyl (C=O) groups is 1. The number of hydrogen-bond donors (Lipinski definition) is 0. The lowest BCUT2D eigenvalue weighted by Gasteiger charge is -2.09. The van der Waals surface area contributed by atoms with Crippen LogP contribution in [0.25, 0.3) is 0 Å². The van der Waals surface area contributed by atoms with Gasteiger partial charge in [-0.1, -0.05) is 12.1 Å². The quantitative estimate of drug-likeness (QED) is 0.709. The summed E-state index contributed by atoms with van der Waals surface area (Å²) < 4.78 is 52.5. The summed E-state index contributed by atoms with van der Waals surface area (Å²) in [4.78, 5) is 18.3. The van der Waals surface area contributed by atoms with Crippen molar-refractivity contribution in [2.45, 2.75) is 9.79 Å². The first-order chi connectivity index (χ1) is 10.7. The second-order valence-corrected chi connectivity index (χ2v) is 8.36. The zero-order valence-electron chi connectivity index (χ0n) is 11.9. The Morgan fingerprint density at radius 2 is 1.74 bits per heavy atom. The van der Waals surface area contributed by atoms with Crippen molar-refractivity contribution in [3.63, 3.8) is 0 Å². The van der Waals surface area contributed by atoms with Crippen molar-refractivity contribution in [1.29, 1.82) is 0 Å². The molecule has 0 radical (unpaired) electrons.